The normalized spacial score (nSPS) is 11.5. The molecule has 0 atom stereocenters. The van der Waals surface area contributed by atoms with Gasteiger partial charge in [-0.2, -0.15) is 0 Å². The molecule has 2 aromatic carbocycles. The molecular weight excluding hydrogens is 420 g/mol. The number of ether oxygens (including phenoxy) is 2. The van der Waals surface area contributed by atoms with Gasteiger partial charge in [0, 0.05) is 18.6 Å². The van der Waals surface area contributed by atoms with Crippen LogP contribution in [0.4, 0.5) is 4.79 Å². The SMILES string of the molecule is CC(C)(C)OC(=O)NCc1ccc(C(=O)OCC(=O)N(Cc2ccccc2)C(C)(C)C)cc1. The van der Waals surface area contributed by atoms with Crippen molar-refractivity contribution in [2.24, 2.45) is 0 Å². The van der Waals surface area contributed by atoms with Crippen LogP contribution in [0.15, 0.2) is 54.6 Å². The van der Waals surface area contributed by atoms with Crippen LogP contribution < -0.4 is 5.32 Å². The molecule has 0 aliphatic rings. The molecule has 0 saturated carbocycles. The van der Waals surface area contributed by atoms with Crippen molar-refractivity contribution in [1.29, 1.82) is 0 Å². The van der Waals surface area contributed by atoms with Crippen molar-refractivity contribution >= 4 is 18.0 Å². The predicted octanol–water partition coefficient (Wildman–Crippen LogP) is 4.70. The van der Waals surface area contributed by atoms with E-state index in [1.165, 1.54) is 0 Å². The van der Waals surface area contributed by atoms with E-state index in [4.69, 9.17) is 9.47 Å². The van der Waals surface area contributed by atoms with Crippen LogP contribution >= 0.6 is 0 Å². The smallest absolute Gasteiger partial charge is 0.407 e. The molecule has 0 saturated heterocycles. The van der Waals surface area contributed by atoms with Crippen molar-refractivity contribution in [3.63, 3.8) is 0 Å². The Kier molecular flexibility index (Phi) is 8.63. The maximum absolute atomic E-state index is 12.8. The fourth-order valence-corrected chi connectivity index (χ4v) is 3.00. The van der Waals surface area contributed by atoms with E-state index in [1.807, 2.05) is 51.1 Å². The quantitative estimate of drug-likeness (QED) is 0.613. The lowest BCUT2D eigenvalue weighted by Gasteiger charge is -2.35. The van der Waals surface area contributed by atoms with Crippen molar-refractivity contribution in [3.8, 4) is 0 Å². The minimum atomic E-state index is -0.580. The number of rotatable bonds is 7. The molecule has 0 unspecified atom stereocenters. The van der Waals surface area contributed by atoms with Gasteiger partial charge >= 0.3 is 12.1 Å². The minimum absolute atomic E-state index is 0.266. The zero-order valence-corrected chi connectivity index (χ0v) is 20.3. The van der Waals surface area contributed by atoms with Crippen LogP contribution in [0.2, 0.25) is 0 Å². The molecule has 2 rings (SSSR count). The number of hydrogen-bond donors (Lipinski definition) is 1. The second-order valence-corrected chi connectivity index (χ2v) is 9.76. The largest absolute Gasteiger partial charge is 0.452 e. The first-order valence-corrected chi connectivity index (χ1v) is 10.9. The number of carbonyl (C=O) groups excluding carboxylic acids is 3. The summed E-state index contributed by atoms with van der Waals surface area (Å²) in [5.41, 5.74) is 1.13. The first-order valence-electron chi connectivity index (χ1n) is 10.9. The summed E-state index contributed by atoms with van der Waals surface area (Å²) in [4.78, 5) is 38.7. The summed E-state index contributed by atoms with van der Waals surface area (Å²) in [6, 6.07) is 16.3. The Morgan fingerprint density at radius 3 is 2.00 bits per heavy atom. The topological polar surface area (TPSA) is 84.9 Å². The third kappa shape index (κ3) is 8.96. The third-order valence-electron chi connectivity index (χ3n) is 4.65. The number of nitrogens with one attached hydrogen (secondary N) is 1. The summed E-state index contributed by atoms with van der Waals surface area (Å²) < 4.78 is 10.5. The molecule has 33 heavy (non-hydrogen) atoms. The van der Waals surface area contributed by atoms with Gasteiger partial charge in [-0.1, -0.05) is 42.5 Å². The summed E-state index contributed by atoms with van der Waals surface area (Å²) >= 11 is 0. The molecule has 2 aromatic rings. The van der Waals surface area contributed by atoms with Gasteiger partial charge in [0.05, 0.1) is 5.56 Å². The highest BCUT2D eigenvalue weighted by Gasteiger charge is 2.27. The van der Waals surface area contributed by atoms with E-state index in [0.29, 0.717) is 12.1 Å². The zero-order chi connectivity index (χ0) is 24.6. The van der Waals surface area contributed by atoms with E-state index in [-0.39, 0.29) is 19.1 Å². The molecular formula is C26H34N2O5. The van der Waals surface area contributed by atoms with Gasteiger partial charge in [0.2, 0.25) is 0 Å². The summed E-state index contributed by atoms with van der Waals surface area (Å²) in [6.45, 7) is 11.6. The lowest BCUT2D eigenvalue weighted by Crippen LogP contribution is -2.46. The van der Waals surface area contributed by atoms with Crippen molar-refractivity contribution in [1.82, 2.24) is 10.2 Å². The van der Waals surface area contributed by atoms with Crippen molar-refractivity contribution < 1.29 is 23.9 Å². The lowest BCUT2D eigenvalue weighted by atomic mass is 10.0. The Hall–Kier alpha value is -3.35. The highest BCUT2D eigenvalue weighted by molar-refractivity contribution is 5.91. The first-order chi connectivity index (χ1) is 15.3. The molecule has 7 heteroatoms. The van der Waals surface area contributed by atoms with E-state index in [1.54, 1.807) is 49.9 Å². The number of alkyl carbamates (subject to hydrolysis) is 1. The lowest BCUT2D eigenvalue weighted by molar-refractivity contribution is -0.140. The molecule has 0 spiro atoms. The second kappa shape index (κ2) is 11.0. The molecule has 0 aliphatic carbocycles. The Morgan fingerprint density at radius 1 is 0.848 bits per heavy atom. The molecule has 7 nitrogen and oxygen atoms in total. The Morgan fingerprint density at radius 2 is 1.45 bits per heavy atom. The van der Waals surface area contributed by atoms with Crippen molar-refractivity contribution in [2.45, 2.75) is 65.8 Å². The number of benzene rings is 2. The van der Waals surface area contributed by atoms with E-state index in [9.17, 15) is 14.4 Å². The van der Waals surface area contributed by atoms with Crippen LogP contribution in [-0.2, 0) is 27.4 Å². The van der Waals surface area contributed by atoms with Crippen LogP contribution in [0.1, 0.15) is 63.0 Å². The average Bonchev–Trinajstić information content (AvgIpc) is 2.73. The van der Waals surface area contributed by atoms with E-state index in [0.717, 1.165) is 11.1 Å². The standard InChI is InChI=1S/C26H34N2O5/c1-25(2,3)28(17-20-10-8-7-9-11-20)22(29)18-32-23(30)21-14-12-19(13-15-21)16-27-24(31)33-26(4,5)6/h7-15H,16-18H2,1-6H3,(H,27,31). The maximum Gasteiger partial charge on any atom is 0.407 e. The summed E-state index contributed by atoms with van der Waals surface area (Å²) in [7, 11) is 0. The highest BCUT2D eigenvalue weighted by Crippen LogP contribution is 2.18. The molecule has 2 amide bonds. The fraction of sp³-hybridized carbons (Fsp3) is 0.423. The Bertz CT molecular complexity index is 941. The zero-order valence-electron chi connectivity index (χ0n) is 20.3. The molecule has 0 aliphatic heterocycles. The molecule has 0 fully saturated rings. The molecule has 178 valence electrons. The van der Waals surface area contributed by atoms with E-state index in [2.05, 4.69) is 5.32 Å². The number of esters is 1. The first kappa shape index (κ1) is 25.9. The van der Waals surface area contributed by atoms with Crippen LogP contribution in [0.3, 0.4) is 0 Å². The Labute approximate surface area is 196 Å². The third-order valence-corrected chi connectivity index (χ3v) is 4.65. The fourth-order valence-electron chi connectivity index (χ4n) is 3.00. The van der Waals surface area contributed by atoms with E-state index >= 15 is 0 Å². The maximum atomic E-state index is 12.8. The number of nitrogens with zero attached hydrogens (tertiary/aromatic N) is 1. The van der Waals surface area contributed by atoms with Crippen LogP contribution in [0, 0.1) is 0 Å². The van der Waals surface area contributed by atoms with Crippen LogP contribution in [0.5, 0.6) is 0 Å². The highest BCUT2D eigenvalue weighted by atomic mass is 16.6. The van der Waals surface area contributed by atoms with E-state index < -0.39 is 23.2 Å². The van der Waals surface area contributed by atoms with Crippen LogP contribution in [-0.4, -0.2) is 40.6 Å². The number of carbonyl (C=O) groups is 3. The molecule has 0 aromatic heterocycles. The minimum Gasteiger partial charge on any atom is -0.452 e. The summed E-state index contributed by atoms with van der Waals surface area (Å²) in [6.07, 6.45) is -0.511. The Balaban J connectivity index is 1.90. The average molecular weight is 455 g/mol. The second-order valence-electron chi connectivity index (χ2n) is 9.76. The molecule has 0 radical (unpaired) electrons. The van der Waals surface area contributed by atoms with Crippen LogP contribution in [0.25, 0.3) is 0 Å². The van der Waals surface area contributed by atoms with Gasteiger partial charge in [-0.15, -0.1) is 0 Å². The molecule has 1 N–H and O–H groups in total. The van der Waals surface area contributed by atoms with Gasteiger partial charge in [-0.05, 0) is 64.8 Å². The summed E-state index contributed by atoms with van der Waals surface area (Å²) in [5, 5.41) is 2.66. The van der Waals surface area contributed by atoms with Gasteiger partial charge in [0.15, 0.2) is 6.61 Å². The van der Waals surface area contributed by atoms with Gasteiger partial charge in [0.25, 0.3) is 5.91 Å². The molecule has 0 heterocycles. The van der Waals surface area contributed by atoms with Gasteiger partial charge < -0.3 is 19.7 Å². The predicted molar refractivity (Wildman–Crippen MR) is 127 cm³/mol. The monoisotopic (exact) mass is 454 g/mol. The van der Waals surface area contributed by atoms with Crippen molar-refractivity contribution in [2.75, 3.05) is 6.61 Å². The van der Waals surface area contributed by atoms with Gasteiger partial charge in [-0.3, -0.25) is 4.79 Å². The van der Waals surface area contributed by atoms with Gasteiger partial charge in [0.1, 0.15) is 5.60 Å². The number of hydrogen-bond acceptors (Lipinski definition) is 5. The number of amides is 2. The van der Waals surface area contributed by atoms with Gasteiger partial charge in [-0.25, -0.2) is 9.59 Å². The van der Waals surface area contributed by atoms with Crippen molar-refractivity contribution in [3.05, 3.63) is 71.3 Å². The molecule has 0 bridgehead atoms. The summed E-state index contributed by atoms with van der Waals surface area (Å²) in [5.74, 6) is -0.846.